The Kier molecular flexibility index (Phi) is 4.16. The van der Waals surface area contributed by atoms with Crippen molar-refractivity contribution in [3.63, 3.8) is 0 Å². The standard InChI is InChI=1S/C14H16O5/c1-18-9-4-5-10(11(15)7-9)12(16)8-13(17)14-3-2-6-19-14/h4-5,7,14-15H,2-3,6,8H2,1H3/t14-/m1/s1. The van der Waals surface area contributed by atoms with Gasteiger partial charge in [0.25, 0.3) is 0 Å². The summed E-state index contributed by atoms with van der Waals surface area (Å²) in [5, 5.41) is 9.73. The molecule has 1 fully saturated rings. The van der Waals surface area contributed by atoms with Gasteiger partial charge < -0.3 is 14.6 Å². The highest BCUT2D eigenvalue weighted by atomic mass is 16.5. The average molecular weight is 264 g/mol. The van der Waals surface area contributed by atoms with Crippen molar-refractivity contribution in [3.05, 3.63) is 23.8 Å². The molecular weight excluding hydrogens is 248 g/mol. The number of phenolic OH excluding ortho intramolecular Hbond substituents is 1. The molecule has 5 nitrogen and oxygen atoms in total. The summed E-state index contributed by atoms with van der Waals surface area (Å²) in [6.07, 6.45) is 0.799. The van der Waals surface area contributed by atoms with Gasteiger partial charge in [-0.3, -0.25) is 9.59 Å². The minimum Gasteiger partial charge on any atom is -0.507 e. The molecule has 0 bridgehead atoms. The number of rotatable bonds is 5. The van der Waals surface area contributed by atoms with Gasteiger partial charge in [-0.15, -0.1) is 0 Å². The van der Waals surface area contributed by atoms with Crippen LogP contribution in [0.3, 0.4) is 0 Å². The molecule has 0 aliphatic carbocycles. The van der Waals surface area contributed by atoms with Crippen molar-refractivity contribution in [2.75, 3.05) is 13.7 Å². The number of carbonyl (C=O) groups excluding carboxylic acids is 2. The molecule has 1 atom stereocenters. The zero-order chi connectivity index (χ0) is 13.8. The Hall–Kier alpha value is -1.88. The molecule has 19 heavy (non-hydrogen) atoms. The number of Topliss-reactive ketones (excluding diaryl/α,β-unsaturated/α-hetero) is 2. The number of aromatic hydroxyl groups is 1. The topological polar surface area (TPSA) is 72.8 Å². The van der Waals surface area contributed by atoms with Gasteiger partial charge in [0.1, 0.15) is 17.6 Å². The van der Waals surface area contributed by atoms with E-state index in [4.69, 9.17) is 9.47 Å². The van der Waals surface area contributed by atoms with Crippen LogP contribution in [0.15, 0.2) is 18.2 Å². The van der Waals surface area contributed by atoms with Gasteiger partial charge in [-0.1, -0.05) is 0 Å². The van der Waals surface area contributed by atoms with Crippen LogP contribution in [-0.2, 0) is 9.53 Å². The van der Waals surface area contributed by atoms with E-state index in [1.54, 1.807) is 6.07 Å². The molecule has 1 heterocycles. The molecule has 2 rings (SSSR count). The van der Waals surface area contributed by atoms with Crippen LogP contribution in [0.2, 0.25) is 0 Å². The molecule has 0 amide bonds. The van der Waals surface area contributed by atoms with Gasteiger partial charge in [0, 0.05) is 12.7 Å². The largest absolute Gasteiger partial charge is 0.507 e. The Morgan fingerprint density at radius 3 is 2.84 bits per heavy atom. The van der Waals surface area contributed by atoms with Crippen molar-refractivity contribution in [2.24, 2.45) is 0 Å². The van der Waals surface area contributed by atoms with Gasteiger partial charge in [-0.25, -0.2) is 0 Å². The van der Waals surface area contributed by atoms with Crippen LogP contribution in [0.25, 0.3) is 0 Å². The first-order valence-electron chi connectivity index (χ1n) is 6.16. The number of methoxy groups -OCH3 is 1. The fourth-order valence-corrected chi connectivity index (χ4v) is 2.07. The van der Waals surface area contributed by atoms with Crippen LogP contribution >= 0.6 is 0 Å². The zero-order valence-corrected chi connectivity index (χ0v) is 10.7. The number of hydrogen-bond acceptors (Lipinski definition) is 5. The Labute approximate surface area is 111 Å². The van der Waals surface area contributed by atoms with Crippen molar-refractivity contribution in [3.8, 4) is 11.5 Å². The lowest BCUT2D eigenvalue weighted by Crippen LogP contribution is -2.22. The summed E-state index contributed by atoms with van der Waals surface area (Å²) in [6, 6.07) is 4.38. The van der Waals surface area contributed by atoms with Gasteiger partial charge in [-0.05, 0) is 25.0 Å². The Morgan fingerprint density at radius 1 is 1.47 bits per heavy atom. The third-order valence-corrected chi connectivity index (χ3v) is 3.13. The van der Waals surface area contributed by atoms with Crippen LogP contribution in [-0.4, -0.2) is 36.5 Å². The molecular formula is C14H16O5. The van der Waals surface area contributed by atoms with E-state index in [9.17, 15) is 14.7 Å². The number of carbonyl (C=O) groups is 2. The lowest BCUT2D eigenvalue weighted by molar-refractivity contribution is -0.126. The summed E-state index contributed by atoms with van der Waals surface area (Å²) in [4.78, 5) is 23.8. The van der Waals surface area contributed by atoms with Crippen LogP contribution in [0.4, 0.5) is 0 Å². The maximum Gasteiger partial charge on any atom is 0.174 e. The molecule has 1 aliphatic heterocycles. The first kappa shape index (κ1) is 13.5. The highest BCUT2D eigenvalue weighted by molar-refractivity contribution is 6.10. The normalized spacial score (nSPS) is 18.3. The Bertz CT molecular complexity index is 489. The lowest BCUT2D eigenvalue weighted by atomic mass is 10.0. The van der Waals surface area contributed by atoms with Crippen molar-refractivity contribution >= 4 is 11.6 Å². The second kappa shape index (κ2) is 5.84. The summed E-state index contributed by atoms with van der Waals surface area (Å²) in [6.45, 7) is 0.568. The molecule has 1 saturated heterocycles. The molecule has 1 aromatic carbocycles. The summed E-state index contributed by atoms with van der Waals surface area (Å²) in [5.74, 6) is -0.345. The van der Waals surface area contributed by atoms with Crippen molar-refractivity contribution in [1.82, 2.24) is 0 Å². The van der Waals surface area contributed by atoms with Crippen LogP contribution in [0, 0.1) is 0 Å². The summed E-state index contributed by atoms with van der Waals surface area (Å²) in [5.41, 5.74) is 0.132. The summed E-state index contributed by atoms with van der Waals surface area (Å²) >= 11 is 0. The molecule has 1 aromatic rings. The molecule has 0 saturated carbocycles. The molecule has 0 aromatic heterocycles. The fourth-order valence-electron chi connectivity index (χ4n) is 2.07. The van der Waals surface area contributed by atoms with E-state index < -0.39 is 11.9 Å². The van der Waals surface area contributed by atoms with Crippen molar-refractivity contribution in [2.45, 2.75) is 25.4 Å². The Balaban J connectivity index is 2.05. The molecule has 0 unspecified atom stereocenters. The van der Waals surface area contributed by atoms with Crippen LogP contribution < -0.4 is 4.74 Å². The number of benzene rings is 1. The quantitative estimate of drug-likeness (QED) is 0.647. The molecule has 1 aliphatic rings. The molecule has 0 radical (unpaired) electrons. The third kappa shape index (κ3) is 3.12. The van der Waals surface area contributed by atoms with Gasteiger partial charge in [-0.2, -0.15) is 0 Å². The molecule has 0 spiro atoms. The Morgan fingerprint density at radius 2 is 2.26 bits per heavy atom. The molecule has 5 heteroatoms. The van der Waals surface area contributed by atoms with Gasteiger partial charge in [0.05, 0.1) is 19.1 Å². The van der Waals surface area contributed by atoms with E-state index in [0.29, 0.717) is 18.8 Å². The van der Waals surface area contributed by atoms with E-state index in [-0.39, 0.29) is 23.5 Å². The minimum atomic E-state index is -0.468. The molecule has 102 valence electrons. The predicted octanol–water partition coefficient (Wildman–Crippen LogP) is 1.72. The number of phenols is 1. The van der Waals surface area contributed by atoms with E-state index in [1.165, 1.54) is 19.2 Å². The number of hydrogen-bond donors (Lipinski definition) is 1. The monoisotopic (exact) mass is 264 g/mol. The average Bonchev–Trinajstić information content (AvgIpc) is 2.92. The predicted molar refractivity (Wildman–Crippen MR) is 67.6 cm³/mol. The summed E-state index contributed by atoms with van der Waals surface area (Å²) in [7, 11) is 1.47. The fraction of sp³-hybridized carbons (Fsp3) is 0.429. The number of ketones is 2. The van der Waals surface area contributed by atoms with Gasteiger partial charge in [0.15, 0.2) is 11.6 Å². The second-order valence-corrected chi connectivity index (χ2v) is 4.45. The first-order chi connectivity index (χ1) is 9.11. The van der Waals surface area contributed by atoms with E-state index >= 15 is 0 Å². The first-order valence-corrected chi connectivity index (χ1v) is 6.16. The number of ether oxygens (including phenoxy) is 2. The van der Waals surface area contributed by atoms with Crippen LogP contribution in [0.1, 0.15) is 29.6 Å². The third-order valence-electron chi connectivity index (χ3n) is 3.13. The van der Waals surface area contributed by atoms with E-state index in [0.717, 1.165) is 6.42 Å². The van der Waals surface area contributed by atoms with E-state index in [2.05, 4.69) is 0 Å². The maximum atomic E-state index is 12.0. The van der Waals surface area contributed by atoms with Crippen LogP contribution in [0.5, 0.6) is 11.5 Å². The zero-order valence-electron chi connectivity index (χ0n) is 10.7. The maximum absolute atomic E-state index is 12.0. The van der Waals surface area contributed by atoms with E-state index in [1.807, 2.05) is 0 Å². The van der Waals surface area contributed by atoms with Gasteiger partial charge in [0.2, 0.25) is 0 Å². The second-order valence-electron chi connectivity index (χ2n) is 4.45. The summed E-state index contributed by atoms with van der Waals surface area (Å²) < 4.78 is 10.2. The smallest absolute Gasteiger partial charge is 0.174 e. The highest BCUT2D eigenvalue weighted by Crippen LogP contribution is 2.25. The minimum absolute atomic E-state index is 0.132. The SMILES string of the molecule is COc1ccc(C(=O)CC(=O)[C@H]2CCCO2)c(O)c1. The van der Waals surface area contributed by atoms with Gasteiger partial charge >= 0.3 is 0 Å². The van der Waals surface area contributed by atoms with Crippen molar-refractivity contribution in [1.29, 1.82) is 0 Å². The lowest BCUT2D eigenvalue weighted by Gasteiger charge is -2.09. The van der Waals surface area contributed by atoms with Crippen molar-refractivity contribution < 1.29 is 24.2 Å². The molecule has 1 N–H and O–H groups in total. The highest BCUT2D eigenvalue weighted by Gasteiger charge is 2.26.